The second kappa shape index (κ2) is 6.02. The van der Waals surface area contributed by atoms with Crippen LogP contribution in [0.5, 0.6) is 0 Å². The second-order valence-corrected chi connectivity index (χ2v) is 4.78. The van der Waals surface area contributed by atoms with Crippen LogP contribution in [0.3, 0.4) is 0 Å². The number of nitrogens with two attached hydrogens (primary N) is 1. The van der Waals surface area contributed by atoms with Gasteiger partial charge in [0.15, 0.2) is 0 Å². The molecule has 2 heterocycles. The molecule has 0 aromatic carbocycles. The Labute approximate surface area is 111 Å². The van der Waals surface area contributed by atoms with E-state index in [4.69, 9.17) is 22.1 Å². The molecular formula is C12H16ClN3O2. The Morgan fingerprint density at radius 1 is 1.61 bits per heavy atom. The van der Waals surface area contributed by atoms with Gasteiger partial charge in [-0.15, -0.1) is 0 Å². The zero-order valence-electron chi connectivity index (χ0n) is 9.99. The number of pyridine rings is 1. The highest BCUT2D eigenvalue weighted by Crippen LogP contribution is 2.14. The number of aromatic nitrogens is 1. The summed E-state index contributed by atoms with van der Waals surface area (Å²) in [4.78, 5) is 15.7. The Bertz CT molecular complexity index is 413. The van der Waals surface area contributed by atoms with E-state index in [9.17, 15) is 4.79 Å². The van der Waals surface area contributed by atoms with Crippen LogP contribution >= 0.6 is 11.6 Å². The monoisotopic (exact) mass is 269 g/mol. The lowest BCUT2D eigenvalue weighted by molar-refractivity contribution is 0.0536. The van der Waals surface area contributed by atoms with Crippen LogP contribution in [-0.2, 0) is 4.74 Å². The van der Waals surface area contributed by atoms with Crippen molar-refractivity contribution in [3.63, 3.8) is 0 Å². The molecule has 1 unspecified atom stereocenters. The summed E-state index contributed by atoms with van der Waals surface area (Å²) in [5.41, 5.74) is 5.98. The maximum Gasteiger partial charge on any atom is 0.251 e. The molecule has 1 aliphatic rings. The maximum atomic E-state index is 11.9. The van der Waals surface area contributed by atoms with Gasteiger partial charge in [0.05, 0.1) is 6.61 Å². The van der Waals surface area contributed by atoms with Gasteiger partial charge in [-0.2, -0.15) is 0 Å². The zero-order valence-corrected chi connectivity index (χ0v) is 10.7. The van der Waals surface area contributed by atoms with Gasteiger partial charge in [0.25, 0.3) is 5.91 Å². The first-order chi connectivity index (χ1) is 8.65. The molecule has 6 heteroatoms. The minimum Gasteiger partial charge on any atom is -0.384 e. The van der Waals surface area contributed by atoms with Crippen LogP contribution in [0.1, 0.15) is 23.2 Å². The smallest absolute Gasteiger partial charge is 0.251 e. The number of hydrogen-bond donors (Lipinski definition) is 2. The van der Waals surface area contributed by atoms with Crippen LogP contribution in [-0.4, -0.2) is 30.6 Å². The van der Waals surface area contributed by atoms with Gasteiger partial charge in [0.2, 0.25) is 0 Å². The molecule has 1 atom stereocenters. The van der Waals surface area contributed by atoms with Crippen LogP contribution in [0, 0.1) is 5.92 Å². The van der Waals surface area contributed by atoms with Crippen molar-refractivity contribution in [3.05, 3.63) is 22.8 Å². The molecule has 1 saturated heterocycles. The van der Waals surface area contributed by atoms with Crippen molar-refractivity contribution in [2.45, 2.75) is 12.8 Å². The van der Waals surface area contributed by atoms with Gasteiger partial charge in [-0.1, -0.05) is 11.6 Å². The van der Waals surface area contributed by atoms with E-state index in [1.165, 1.54) is 12.1 Å². The van der Waals surface area contributed by atoms with E-state index in [-0.39, 0.29) is 16.9 Å². The highest BCUT2D eigenvalue weighted by molar-refractivity contribution is 6.29. The summed E-state index contributed by atoms with van der Waals surface area (Å²) in [6.07, 6.45) is 2.13. The zero-order chi connectivity index (χ0) is 13.0. The second-order valence-electron chi connectivity index (χ2n) is 4.40. The topological polar surface area (TPSA) is 77.2 Å². The molecule has 5 nitrogen and oxygen atoms in total. The fourth-order valence-corrected chi connectivity index (χ4v) is 2.17. The van der Waals surface area contributed by atoms with Gasteiger partial charge < -0.3 is 15.8 Å². The number of ether oxygens (including phenoxy) is 1. The van der Waals surface area contributed by atoms with Crippen molar-refractivity contribution in [3.8, 4) is 0 Å². The standard InChI is InChI=1S/C12H16ClN3O2/c13-10-4-9(5-11(14)16-10)12(17)15-6-8-2-1-3-18-7-8/h4-5,8H,1-3,6-7H2,(H2,14,16)(H,15,17). The van der Waals surface area contributed by atoms with Gasteiger partial charge >= 0.3 is 0 Å². The van der Waals surface area contributed by atoms with E-state index in [0.717, 1.165) is 19.4 Å². The summed E-state index contributed by atoms with van der Waals surface area (Å²) in [5, 5.41) is 3.09. The lowest BCUT2D eigenvalue weighted by Gasteiger charge is -2.22. The van der Waals surface area contributed by atoms with Crippen LogP contribution < -0.4 is 11.1 Å². The first-order valence-corrected chi connectivity index (χ1v) is 6.32. The van der Waals surface area contributed by atoms with Crippen LogP contribution in [0.25, 0.3) is 0 Å². The normalized spacial score (nSPS) is 19.5. The number of carbonyl (C=O) groups excluding carboxylic acids is 1. The molecule has 0 spiro atoms. The molecule has 3 N–H and O–H groups in total. The Morgan fingerprint density at radius 3 is 3.11 bits per heavy atom. The number of rotatable bonds is 3. The molecule has 0 saturated carbocycles. The fraction of sp³-hybridized carbons (Fsp3) is 0.500. The summed E-state index contributed by atoms with van der Waals surface area (Å²) < 4.78 is 5.36. The Balaban J connectivity index is 1.90. The van der Waals surface area contributed by atoms with E-state index in [0.29, 0.717) is 24.6 Å². The minimum atomic E-state index is -0.184. The van der Waals surface area contributed by atoms with Crippen molar-refractivity contribution >= 4 is 23.3 Å². The van der Waals surface area contributed by atoms with Crippen molar-refractivity contribution < 1.29 is 9.53 Å². The molecule has 1 aliphatic heterocycles. The summed E-state index contributed by atoms with van der Waals surface area (Å²) in [6, 6.07) is 3.02. The van der Waals surface area contributed by atoms with E-state index in [1.807, 2.05) is 0 Å². The van der Waals surface area contributed by atoms with Crippen molar-refractivity contribution in [1.29, 1.82) is 0 Å². The Hall–Kier alpha value is -1.33. The van der Waals surface area contributed by atoms with Crippen LogP contribution in [0.4, 0.5) is 5.82 Å². The molecule has 0 aliphatic carbocycles. The Kier molecular flexibility index (Phi) is 4.38. The summed E-state index contributed by atoms with van der Waals surface area (Å²) in [7, 11) is 0. The first kappa shape index (κ1) is 13.1. The third-order valence-corrected chi connectivity index (χ3v) is 3.08. The Morgan fingerprint density at radius 2 is 2.44 bits per heavy atom. The minimum absolute atomic E-state index is 0.184. The van der Waals surface area contributed by atoms with Gasteiger partial charge in [-0.25, -0.2) is 4.98 Å². The van der Waals surface area contributed by atoms with E-state index in [2.05, 4.69) is 10.3 Å². The first-order valence-electron chi connectivity index (χ1n) is 5.94. The van der Waals surface area contributed by atoms with Gasteiger partial charge in [-0.3, -0.25) is 4.79 Å². The number of carbonyl (C=O) groups is 1. The predicted molar refractivity (Wildman–Crippen MR) is 69.5 cm³/mol. The SMILES string of the molecule is Nc1cc(C(=O)NCC2CCCOC2)cc(Cl)n1. The molecule has 1 aromatic heterocycles. The number of nitrogen functional groups attached to an aromatic ring is 1. The molecule has 0 radical (unpaired) electrons. The third-order valence-electron chi connectivity index (χ3n) is 2.88. The quantitative estimate of drug-likeness (QED) is 0.815. The average Bonchev–Trinajstić information content (AvgIpc) is 2.36. The number of halogens is 1. The third kappa shape index (κ3) is 3.58. The van der Waals surface area contributed by atoms with Gasteiger partial charge in [0.1, 0.15) is 11.0 Å². The average molecular weight is 270 g/mol. The lowest BCUT2D eigenvalue weighted by atomic mass is 10.0. The van der Waals surface area contributed by atoms with E-state index in [1.54, 1.807) is 0 Å². The molecule has 1 fully saturated rings. The molecule has 2 rings (SSSR count). The number of nitrogens with one attached hydrogen (secondary N) is 1. The number of amides is 1. The van der Waals surface area contributed by atoms with Crippen LogP contribution in [0.15, 0.2) is 12.1 Å². The van der Waals surface area contributed by atoms with Crippen molar-refractivity contribution in [2.75, 3.05) is 25.5 Å². The summed E-state index contributed by atoms with van der Waals surface area (Å²) >= 11 is 5.75. The molecule has 18 heavy (non-hydrogen) atoms. The summed E-state index contributed by atoms with van der Waals surface area (Å²) in [5.74, 6) is 0.447. The lowest BCUT2D eigenvalue weighted by Crippen LogP contribution is -2.33. The molecular weight excluding hydrogens is 254 g/mol. The largest absolute Gasteiger partial charge is 0.384 e. The number of anilines is 1. The molecule has 1 amide bonds. The van der Waals surface area contributed by atoms with Gasteiger partial charge in [-0.05, 0) is 30.9 Å². The molecule has 1 aromatic rings. The number of nitrogens with zero attached hydrogens (tertiary/aromatic N) is 1. The van der Waals surface area contributed by atoms with E-state index >= 15 is 0 Å². The van der Waals surface area contributed by atoms with Crippen molar-refractivity contribution in [1.82, 2.24) is 10.3 Å². The molecule has 0 bridgehead atoms. The summed E-state index contributed by atoms with van der Waals surface area (Å²) in [6.45, 7) is 2.14. The maximum absolute atomic E-state index is 11.9. The van der Waals surface area contributed by atoms with Crippen LogP contribution in [0.2, 0.25) is 5.15 Å². The van der Waals surface area contributed by atoms with Crippen molar-refractivity contribution in [2.24, 2.45) is 5.92 Å². The van der Waals surface area contributed by atoms with E-state index < -0.39 is 0 Å². The highest BCUT2D eigenvalue weighted by Gasteiger charge is 2.15. The molecule has 98 valence electrons. The predicted octanol–water partition coefficient (Wildman–Crippen LogP) is 1.47. The van der Waals surface area contributed by atoms with Gasteiger partial charge in [0, 0.05) is 18.7 Å². The highest BCUT2D eigenvalue weighted by atomic mass is 35.5. The number of hydrogen-bond acceptors (Lipinski definition) is 4. The fourth-order valence-electron chi connectivity index (χ4n) is 1.96.